The van der Waals surface area contributed by atoms with Crippen molar-refractivity contribution in [1.29, 1.82) is 0 Å². The van der Waals surface area contributed by atoms with E-state index in [1.165, 1.54) is 5.56 Å². The van der Waals surface area contributed by atoms with Crippen LogP contribution in [0.2, 0.25) is 0 Å². The molecule has 0 saturated carbocycles. The third-order valence-corrected chi connectivity index (χ3v) is 4.09. The molecular formula is C17H16N4. The first-order chi connectivity index (χ1) is 10.2. The van der Waals surface area contributed by atoms with Crippen LogP contribution in [0.3, 0.4) is 0 Å². The first-order valence-corrected chi connectivity index (χ1v) is 6.94. The van der Waals surface area contributed by atoms with E-state index in [4.69, 9.17) is 10.7 Å². The van der Waals surface area contributed by atoms with Crippen LogP contribution in [0.1, 0.15) is 5.56 Å². The fraction of sp³-hybridized carbons (Fsp3) is 0.118. The van der Waals surface area contributed by atoms with Crippen molar-refractivity contribution < 1.29 is 0 Å². The number of aryl methyl sites for hydroxylation is 2. The highest BCUT2D eigenvalue weighted by Gasteiger charge is 2.15. The number of rotatable bonds is 1. The van der Waals surface area contributed by atoms with E-state index >= 15 is 0 Å². The molecule has 3 heterocycles. The number of benzene rings is 1. The van der Waals surface area contributed by atoms with Gasteiger partial charge in [-0.2, -0.15) is 0 Å². The van der Waals surface area contributed by atoms with Crippen LogP contribution in [0.15, 0.2) is 48.8 Å². The number of nitrogens with two attached hydrogens (primary N) is 1. The maximum atomic E-state index is 6.33. The Labute approximate surface area is 122 Å². The van der Waals surface area contributed by atoms with Crippen LogP contribution < -0.4 is 5.73 Å². The summed E-state index contributed by atoms with van der Waals surface area (Å²) in [6, 6.07) is 12.3. The minimum atomic E-state index is 0.685. The molecule has 0 aliphatic heterocycles. The minimum Gasteiger partial charge on any atom is -0.383 e. The van der Waals surface area contributed by atoms with Crippen molar-refractivity contribution in [3.8, 4) is 11.3 Å². The normalized spacial score (nSPS) is 11.5. The van der Waals surface area contributed by atoms with Crippen molar-refractivity contribution in [2.75, 3.05) is 5.73 Å². The van der Waals surface area contributed by atoms with E-state index in [9.17, 15) is 0 Å². The second-order valence-corrected chi connectivity index (χ2v) is 5.40. The SMILES string of the molecule is Cc1ccccc1-c1nc2c3ccn(C)c3ccn2c1N. The number of anilines is 1. The van der Waals surface area contributed by atoms with E-state index in [-0.39, 0.29) is 0 Å². The summed E-state index contributed by atoms with van der Waals surface area (Å²) in [5.41, 5.74) is 11.5. The van der Waals surface area contributed by atoms with Crippen LogP contribution >= 0.6 is 0 Å². The first-order valence-electron chi connectivity index (χ1n) is 6.94. The van der Waals surface area contributed by atoms with E-state index in [0.717, 1.165) is 27.8 Å². The Bertz CT molecular complexity index is 975. The number of hydrogen-bond donors (Lipinski definition) is 1. The second kappa shape index (κ2) is 4.12. The monoisotopic (exact) mass is 276 g/mol. The number of aromatic nitrogens is 3. The molecule has 0 spiro atoms. The highest BCUT2D eigenvalue weighted by atomic mass is 15.1. The van der Waals surface area contributed by atoms with E-state index in [1.54, 1.807) is 0 Å². The van der Waals surface area contributed by atoms with Gasteiger partial charge < -0.3 is 10.3 Å². The van der Waals surface area contributed by atoms with Gasteiger partial charge in [0.15, 0.2) is 0 Å². The highest BCUT2D eigenvalue weighted by Crippen LogP contribution is 2.31. The lowest BCUT2D eigenvalue weighted by atomic mass is 10.1. The summed E-state index contributed by atoms with van der Waals surface area (Å²) in [5.74, 6) is 0.685. The Balaban J connectivity index is 2.10. The Kier molecular flexibility index (Phi) is 2.36. The molecule has 4 heteroatoms. The zero-order valence-electron chi connectivity index (χ0n) is 12.0. The van der Waals surface area contributed by atoms with Crippen molar-refractivity contribution in [2.24, 2.45) is 7.05 Å². The lowest BCUT2D eigenvalue weighted by Crippen LogP contribution is -1.95. The fourth-order valence-electron chi connectivity index (χ4n) is 2.91. The third kappa shape index (κ3) is 1.59. The minimum absolute atomic E-state index is 0.685. The lowest BCUT2D eigenvalue weighted by Gasteiger charge is -2.03. The molecule has 0 amide bonds. The second-order valence-electron chi connectivity index (χ2n) is 5.40. The zero-order valence-corrected chi connectivity index (χ0v) is 12.0. The van der Waals surface area contributed by atoms with Crippen molar-refractivity contribution in [1.82, 2.24) is 14.0 Å². The summed E-state index contributed by atoms with van der Waals surface area (Å²) in [5, 5.41) is 1.12. The van der Waals surface area contributed by atoms with Crippen LogP contribution in [0.4, 0.5) is 5.82 Å². The number of imidazole rings is 1. The van der Waals surface area contributed by atoms with E-state index in [2.05, 4.69) is 35.8 Å². The van der Waals surface area contributed by atoms with Crippen molar-refractivity contribution in [3.63, 3.8) is 0 Å². The molecule has 1 aromatic carbocycles. The van der Waals surface area contributed by atoms with Crippen LogP contribution in [0.25, 0.3) is 27.8 Å². The first kappa shape index (κ1) is 12.0. The summed E-state index contributed by atoms with van der Waals surface area (Å²) in [6.45, 7) is 2.08. The molecule has 0 aliphatic rings. The summed E-state index contributed by atoms with van der Waals surface area (Å²) >= 11 is 0. The van der Waals surface area contributed by atoms with Crippen LogP contribution in [-0.4, -0.2) is 14.0 Å². The molecule has 0 bridgehead atoms. The van der Waals surface area contributed by atoms with Gasteiger partial charge in [0, 0.05) is 30.4 Å². The van der Waals surface area contributed by atoms with E-state index in [1.807, 2.05) is 36.0 Å². The summed E-state index contributed by atoms with van der Waals surface area (Å²) in [6.07, 6.45) is 4.03. The summed E-state index contributed by atoms with van der Waals surface area (Å²) in [4.78, 5) is 4.81. The van der Waals surface area contributed by atoms with Gasteiger partial charge in [0.2, 0.25) is 0 Å². The van der Waals surface area contributed by atoms with Crippen LogP contribution in [0, 0.1) is 6.92 Å². The molecule has 2 N–H and O–H groups in total. The number of hydrogen-bond acceptors (Lipinski definition) is 2. The molecule has 0 atom stereocenters. The lowest BCUT2D eigenvalue weighted by molar-refractivity contribution is 0.967. The van der Waals surface area contributed by atoms with Gasteiger partial charge in [-0.05, 0) is 24.6 Å². The molecule has 4 aromatic rings. The molecule has 3 aromatic heterocycles. The van der Waals surface area contributed by atoms with E-state index < -0.39 is 0 Å². The van der Waals surface area contributed by atoms with E-state index in [0.29, 0.717) is 5.82 Å². The van der Waals surface area contributed by atoms with Gasteiger partial charge in [0.25, 0.3) is 0 Å². The van der Waals surface area contributed by atoms with Gasteiger partial charge in [0.05, 0.1) is 5.52 Å². The standard InChI is InChI=1S/C17H16N4/c1-11-5-3-4-6-12(11)15-16(18)21-10-8-14-13(17(21)19-15)7-9-20(14)2/h3-10H,18H2,1-2H3. The Morgan fingerprint density at radius 3 is 2.67 bits per heavy atom. The molecule has 104 valence electrons. The van der Waals surface area contributed by atoms with Crippen molar-refractivity contribution in [3.05, 3.63) is 54.4 Å². The number of nitrogens with zero attached hydrogens (tertiary/aromatic N) is 3. The Morgan fingerprint density at radius 1 is 1.05 bits per heavy atom. The molecule has 21 heavy (non-hydrogen) atoms. The third-order valence-electron chi connectivity index (χ3n) is 4.09. The van der Waals surface area contributed by atoms with Gasteiger partial charge in [-0.15, -0.1) is 0 Å². The van der Waals surface area contributed by atoms with Crippen molar-refractivity contribution >= 4 is 22.4 Å². The van der Waals surface area contributed by atoms with Crippen LogP contribution in [0.5, 0.6) is 0 Å². The molecule has 0 unspecified atom stereocenters. The van der Waals surface area contributed by atoms with Gasteiger partial charge >= 0.3 is 0 Å². The predicted molar refractivity (Wildman–Crippen MR) is 86.3 cm³/mol. The van der Waals surface area contributed by atoms with Crippen LogP contribution in [-0.2, 0) is 7.05 Å². The van der Waals surface area contributed by atoms with Gasteiger partial charge in [-0.25, -0.2) is 4.98 Å². The largest absolute Gasteiger partial charge is 0.383 e. The molecular weight excluding hydrogens is 260 g/mol. The smallest absolute Gasteiger partial charge is 0.148 e. The molecule has 0 aliphatic carbocycles. The number of pyridine rings is 1. The number of nitrogen functional groups attached to an aromatic ring is 1. The van der Waals surface area contributed by atoms with Gasteiger partial charge in [-0.1, -0.05) is 24.3 Å². The van der Waals surface area contributed by atoms with Crippen molar-refractivity contribution in [2.45, 2.75) is 6.92 Å². The molecule has 0 saturated heterocycles. The highest BCUT2D eigenvalue weighted by molar-refractivity contribution is 5.95. The fourth-order valence-corrected chi connectivity index (χ4v) is 2.91. The summed E-state index contributed by atoms with van der Waals surface area (Å²) < 4.78 is 4.05. The molecule has 4 rings (SSSR count). The molecule has 0 fully saturated rings. The maximum absolute atomic E-state index is 6.33. The topological polar surface area (TPSA) is 48.2 Å². The van der Waals surface area contributed by atoms with Gasteiger partial charge in [-0.3, -0.25) is 4.40 Å². The average Bonchev–Trinajstić information content (AvgIpc) is 3.01. The zero-order chi connectivity index (χ0) is 14.6. The quantitative estimate of drug-likeness (QED) is 0.579. The predicted octanol–water partition coefficient (Wildman–Crippen LogP) is 3.38. The van der Waals surface area contributed by atoms with Gasteiger partial charge in [0.1, 0.15) is 17.2 Å². The maximum Gasteiger partial charge on any atom is 0.148 e. The summed E-state index contributed by atoms with van der Waals surface area (Å²) in [7, 11) is 2.04. The molecule has 0 radical (unpaired) electrons. The average molecular weight is 276 g/mol. The Hall–Kier alpha value is -2.75. The number of fused-ring (bicyclic) bond motifs is 3. The molecule has 4 nitrogen and oxygen atoms in total. The Morgan fingerprint density at radius 2 is 1.86 bits per heavy atom.